The quantitative estimate of drug-likeness (QED) is 0.251. The van der Waals surface area contributed by atoms with Gasteiger partial charge in [-0.25, -0.2) is 9.97 Å². The van der Waals surface area contributed by atoms with E-state index in [1.807, 2.05) is 68.0 Å². The second-order valence-electron chi connectivity index (χ2n) is 7.31. The first-order valence-corrected chi connectivity index (χ1v) is 12.7. The molecule has 0 aliphatic rings. The fourth-order valence-corrected chi connectivity index (χ4v) is 4.42. The number of carboxylic acids is 1. The monoisotopic (exact) mass is 479 g/mol. The van der Waals surface area contributed by atoms with Gasteiger partial charge in [-0.05, 0) is 48.8 Å². The number of nitrogens with one attached hydrogen (secondary N) is 1. The number of benzene rings is 2. The van der Waals surface area contributed by atoms with Crippen LogP contribution in [0.25, 0.3) is 6.08 Å². The molecular weight excluding hydrogens is 454 g/mol. The molecule has 0 aliphatic heterocycles. The van der Waals surface area contributed by atoms with Crippen LogP contribution in [0.1, 0.15) is 28.1 Å². The van der Waals surface area contributed by atoms with E-state index >= 15 is 0 Å². The van der Waals surface area contributed by atoms with E-state index in [1.165, 1.54) is 35.2 Å². The third-order valence-corrected chi connectivity index (χ3v) is 6.23. The standard InChI is InChI=1S/C25H25N3O3S2/c1-16-4-6-17(7-5-16)10-13-22(29)26-19-11-8-18(9-12-19)14-21-27-24(32-2)20(15-23(30)31)25(28-21)33-3/h4-13H,14-15H2,1-3H3,(H,26,29)(H,30,31)/b13-10+. The predicted molar refractivity (Wildman–Crippen MR) is 135 cm³/mol. The number of nitrogens with zero attached hydrogens (tertiary/aromatic N) is 2. The van der Waals surface area contributed by atoms with E-state index in [-0.39, 0.29) is 12.3 Å². The Hall–Kier alpha value is -3.10. The van der Waals surface area contributed by atoms with Crippen molar-refractivity contribution in [1.82, 2.24) is 9.97 Å². The molecule has 0 fully saturated rings. The molecule has 0 bridgehead atoms. The molecule has 33 heavy (non-hydrogen) atoms. The van der Waals surface area contributed by atoms with E-state index < -0.39 is 5.97 Å². The van der Waals surface area contributed by atoms with Crippen LogP contribution in [0.3, 0.4) is 0 Å². The Balaban J connectivity index is 1.67. The van der Waals surface area contributed by atoms with E-state index in [0.717, 1.165) is 11.1 Å². The van der Waals surface area contributed by atoms with Gasteiger partial charge >= 0.3 is 5.97 Å². The van der Waals surface area contributed by atoms with Crippen molar-refractivity contribution in [2.24, 2.45) is 0 Å². The molecule has 0 unspecified atom stereocenters. The number of carbonyl (C=O) groups is 2. The van der Waals surface area contributed by atoms with Crippen LogP contribution in [0.15, 0.2) is 64.7 Å². The minimum absolute atomic E-state index is 0.0978. The Morgan fingerprint density at radius 3 is 2.12 bits per heavy atom. The highest BCUT2D eigenvalue weighted by Crippen LogP contribution is 2.28. The normalized spacial score (nSPS) is 11.0. The van der Waals surface area contributed by atoms with Crippen LogP contribution >= 0.6 is 23.5 Å². The Kier molecular flexibility index (Phi) is 8.68. The van der Waals surface area contributed by atoms with Gasteiger partial charge in [0.05, 0.1) is 6.42 Å². The predicted octanol–water partition coefficient (Wildman–Crippen LogP) is 5.10. The lowest BCUT2D eigenvalue weighted by Gasteiger charge is -2.12. The number of thioether (sulfide) groups is 2. The zero-order valence-corrected chi connectivity index (χ0v) is 20.3. The summed E-state index contributed by atoms with van der Waals surface area (Å²) in [5, 5.41) is 13.4. The van der Waals surface area contributed by atoms with E-state index in [0.29, 0.717) is 33.5 Å². The van der Waals surface area contributed by atoms with Crippen molar-refractivity contribution < 1.29 is 14.7 Å². The summed E-state index contributed by atoms with van der Waals surface area (Å²) in [6.45, 7) is 2.02. The highest BCUT2D eigenvalue weighted by molar-refractivity contribution is 7.99. The number of carbonyl (C=O) groups excluding carboxylic acids is 1. The molecular formula is C25H25N3O3S2. The number of rotatable bonds is 9. The maximum atomic E-state index is 12.2. The fraction of sp³-hybridized carbons (Fsp3) is 0.200. The van der Waals surface area contributed by atoms with Crippen molar-refractivity contribution in [3.8, 4) is 0 Å². The Morgan fingerprint density at radius 1 is 0.970 bits per heavy atom. The Bertz CT molecular complexity index is 1140. The molecule has 0 radical (unpaired) electrons. The molecule has 0 saturated heterocycles. The van der Waals surface area contributed by atoms with E-state index in [4.69, 9.17) is 0 Å². The zero-order valence-electron chi connectivity index (χ0n) is 18.7. The number of aryl methyl sites for hydroxylation is 1. The van der Waals surface area contributed by atoms with Gasteiger partial charge in [0.2, 0.25) is 5.91 Å². The van der Waals surface area contributed by atoms with Crippen LogP contribution in [0, 0.1) is 6.92 Å². The van der Waals surface area contributed by atoms with Crippen LogP contribution in [0.2, 0.25) is 0 Å². The maximum Gasteiger partial charge on any atom is 0.308 e. The second-order valence-corrected chi connectivity index (χ2v) is 8.90. The van der Waals surface area contributed by atoms with Gasteiger partial charge in [-0.2, -0.15) is 0 Å². The lowest BCUT2D eigenvalue weighted by Crippen LogP contribution is -2.09. The van der Waals surface area contributed by atoms with Gasteiger partial charge in [0.25, 0.3) is 0 Å². The van der Waals surface area contributed by atoms with Gasteiger partial charge in [0, 0.05) is 23.7 Å². The van der Waals surface area contributed by atoms with Crippen molar-refractivity contribution in [2.45, 2.75) is 29.8 Å². The first-order valence-electron chi connectivity index (χ1n) is 10.2. The summed E-state index contributed by atoms with van der Waals surface area (Å²) in [4.78, 5) is 32.6. The summed E-state index contributed by atoms with van der Waals surface area (Å²) in [5.41, 5.74) is 4.49. The van der Waals surface area contributed by atoms with Gasteiger partial charge < -0.3 is 10.4 Å². The second kappa shape index (κ2) is 11.7. The lowest BCUT2D eigenvalue weighted by atomic mass is 10.1. The summed E-state index contributed by atoms with van der Waals surface area (Å²) in [5.74, 6) is -0.464. The summed E-state index contributed by atoms with van der Waals surface area (Å²) >= 11 is 2.85. The largest absolute Gasteiger partial charge is 0.481 e. The third kappa shape index (κ3) is 7.20. The molecule has 6 nitrogen and oxygen atoms in total. The number of amides is 1. The SMILES string of the molecule is CSc1nc(Cc2ccc(NC(=O)/C=C/c3ccc(C)cc3)cc2)nc(SC)c1CC(=O)O. The minimum atomic E-state index is -0.900. The average Bonchev–Trinajstić information content (AvgIpc) is 2.80. The molecule has 0 atom stereocenters. The molecule has 170 valence electrons. The molecule has 3 aromatic rings. The highest BCUT2D eigenvalue weighted by Gasteiger charge is 2.16. The number of anilines is 1. The smallest absolute Gasteiger partial charge is 0.308 e. The number of aromatic nitrogens is 2. The Morgan fingerprint density at radius 2 is 1.58 bits per heavy atom. The molecule has 1 aromatic heterocycles. The molecule has 2 aromatic carbocycles. The number of carboxylic acid groups (broad SMARTS) is 1. The topological polar surface area (TPSA) is 92.2 Å². The van der Waals surface area contributed by atoms with Crippen molar-refractivity contribution in [1.29, 1.82) is 0 Å². The van der Waals surface area contributed by atoms with Crippen LogP contribution in [-0.2, 0) is 22.4 Å². The minimum Gasteiger partial charge on any atom is -0.481 e. The lowest BCUT2D eigenvalue weighted by molar-refractivity contribution is -0.136. The summed E-state index contributed by atoms with van der Waals surface area (Å²) in [6, 6.07) is 15.5. The van der Waals surface area contributed by atoms with Crippen molar-refractivity contribution in [3.05, 3.63) is 82.7 Å². The van der Waals surface area contributed by atoms with E-state index in [9.17, 15) is 14.7 Å². The van der Waals surface area contributed by atoms with Crippen molar-refractivity contribution in [3.63, 3.8) is 0 Å². The van der Waals surface area contributed by atoms with Gasteiger partial charge in [-0.3, -0.25) is 9.59 Å². The van der Waals surface area contributed by atoms with Gasteiger partial charge in [0.1, 0.15) is 15.9 Å². The summed E-state index contributed by atoms with van der Waals surface area (Å²) < 4.78 is 0. The van der Waals surface area contributed by atoms with Gasteiger partial charge in [-0.15, -0.1) is 23.5 Å². The number of hydrogen-bond acceptors (Lipinski definition) is 6. The average molecular weight is 480 g/mol. The molecule has 8 heteroatoms. The van der Waals surface area contributed by atoms with Crippen molar-refractivity contribution in [2.75, 3.05) is 17.8 Å². The molecule has 1 amide bonds. The molecule has 0 spiro atoms. The van der Waals surface area contributed by atoms with Crippen LogP contribution in [0.4, 0.5) is 5.69 Å². The van der Waals surface area contributed by atoms with Crippen LogP contribution in [-0.4, -0.2) is 39.5 Å². The first-order chi connectivity index (χ1) is 15.9. The molecule has 1 heterocycles. The molecule has 3 rings (SSSR count). The first kappa shape index (κ1) is 24.5. The summed E-state index contributed by atoms with van der Waals surface area (Å²) in [7, 11) is 0. The number of hydrogen-bond donors (Lipinski definition) is 2. The molecule has 0 saturated carbocycles. The molecule has 0 aliphatic carbocycles. The van der Waals surface area contributed by atoms with Gasteiger partial charge in [-0.1, -0.05) is 42.0 Å². The zero-order chi connectivity index (χ0) is 23.8. The van der Waals surface area contributed by atoms with Crippen molar-refractivity contribution >= 4 is 47.2 Å². The van der Waals surface area contributed by atoms with Gasteiger partial charge in [0.15, 0.2) is 0 Å². The highest BCUT2D eigenvalue weighted by atomic mass is 32.2. The van der Waals surface area contributed by atoms with E-state index in [1.54, 1.807) is 6.08 Å². The van der Waals surface area contributed by atoms with E-state index in [2.05, 4.69) is 15.3 Å². The van der Waals surface area contributed by atoms with Crippen LogP contribution in [0.5, 0.6) is 0 Å². The number of aliphatic carboxylic acids is 1. The molecule has 2 N–H and O–H groups in total. The maximum absolute atomic E-state index is 12.2. The fourth-order valence-electron chi connectivity index (χ4n) is 3.13. The third-order valence-electron chi connectivity index (χ3n) is 4.78. The Labute approximate surface area is 201 Å². The summed E-state index contributed by atoms with van der Waals surface area (Å²) in [6.07, 6.45) is 7.47. The van der Waals surface area contributed by atoms with Crippen LogP contribution < -0.4 is 5.32 Å².